The van der Waals surface area contributed by atoms with Crippen molar-refractivity contribution in [1.29, 1.82) is 0 Å². The van der Waals surface area contributed by atoms with Crippen LogP contribution in [0.5, 0.6) is 5.75 Å². The number of aryl methyl sites for hydroxylation is 2. The van der Waals surface area contributed by atoms with Gasteiger partial charge < -0.3 is 9.47 Å². The zero-order valence-electron chi connectivity index (χ0n) is 19.1. The van der Waals surface area contributed by atoms with E-state index in [1.54, 1.807) is 30.1 Å². The maximum atomic E-state index is 13.0. The number of methoxy groups -OCH3 is 1. The number of amides is 1. The fourth-order valence-electron chi connectivity index (χ4n) is 3.34. The highest BCUT2D eigenvalue weighted by Gasteiger charge is 2.19. The predicted molar refractivity (Wildman–Crippen MR) is 124 cm³/mol. The summed E-state index contributed by atoms with van der Waals surface area (Å²) >= 11 is 0. The molecule has 7 nitrogen and oxygen atoms in total. The standard InChI is InChI=1S/C25H29N3O4/c1-17-14-19(16-20(15-17)31-5)28-13-12-26-23(28)22(29)11-10-18-8-6-7-9-21(18)27-24(30)32-25(2,3)4/h6-9,12-16H,10-11H2,1-5H3,(H,27,30). The van der Waals surface area contributed by atoms with Gasteiger partial charge in [0.1, 0.15) is 11.4 Å². The van der Waals surface area contributed by atoms with Gasteiger partial charge >= 0.3 is 6.09 Å². The lowest BCUT2D eigenvalue weighted by Crippen LogP contribution is -2.27. The number of carbonyl (C=O) groups is 2. The van der Waals surface area contributed by atoms with Gasteiger partial charge in [-0.2, -0.15) is 0 Å². The van der Waals surface area contributed by atoms with Crippen LogP contribution >= 0.6 is 0 Å². The van der Waals surface area contributed by atoms with Crippen molar-refractivity contribution in [1.82, 2.24) is 9.55 Å². The third-order valence-corrected chi connectivity index (χ3v) is 4.71. The fourth-order valence-corrected chi connectivity index (χ4v) is 3.34. The lowest BCUT2D eigenvalue weighted by atomic mass is 10.0. The number of nitrogens with one attached hydrogen (secondary N) is 1. The Morgan fingerprint density at radius 1 is 1.12 bits per heavy atom. The van der Waals surface area contributed by atoms with Crippen LogP contribution in [0.15, 0.2) is 54.9 Å². The number of hydrogen-bond acceptors (Lipinski definition) is 5. The Bertz CT molecular complexity index is 1110. The van der Waals surface area contributed by atoms with Gasteiger partial charge in [0.05, 0.1) is 12.8 Å². The van der Waals surface area contributed by atoms with Crippen molar-refractivity contribution >= 4 is 17.6 Å². The fraction of sp³-hybridized carbons (Fsp3) is 0.320. The number of nitrogens with zero attached hydrogens (tertiary/aromatic N) is 2. The third-order valence-electron chi connectivity index (χ3n) is 4.71. The quantitative estimate of drug-likeness (QED) is 0.506. The van der Waals surface area contributed by atoms with Crippen LogP contribution in [0.2, 0.25) is 0 Å². The average Bonchev–Trinajstić information content (AvgIpc) is 3.21. The van der Waals surface area contributed by atoms with Gasteiger partial charge in [0, 0.05) is 30.6 Å². The molecule has 1 N–H and O–H groups in total. The molecule has 0 saturated heterocycles. The molecule has 0 fully saturated rings. The number of imidazole rings is 1. The number of carbonyl (C=O) groups excluding carboxylic acids is 2. The average molecular weight is 436 g/mol. The number of hydrogen-bond donors (Lipinski definition) is 1. The van der Waals surface area contributed by atoms with Crippen molar-refractivity contribution in [2.75, 3.05) is 12.4 Å². The number of ether oxygens (including phenoxy) is 2. The minimum atomic E-state index is -0.593. The first-order valence-electron chi connectivity index (χ1n) is 10.5. The lowest BCUT2D eigenvalue weighted by molar-refractivity contribution is 0.0635. The molecule has 0 aliphatic carbocycles. The molecule has 0 unspecified atom stereocenters. The van der Waals surface area contributed by atoms with E-state index in [2.05, 4.69) is 10.3 Å². The van der Waals surface area contributed by atoms with Crippen molar-refractivity contribution in [2.45, 2.75) is 46.1 Å². The summed E-state index contributed by atoms with van der Waals surface area (Å²) in [6.07, 6.45) is 3.54. The minimum absolute atomic E-state index is 0.0949. The van der Waals surface area contributed by atoms with Crippen molar-refractivity contribution < 1.29 is 19.1 Å². The SMILES string of the molecule is COc1cc(C)cc(-n2ccnc2C(=O)CCc2ccccc2NC(=O)OC(C)(C)C)c1. The predicted octanol–water partition coefficient (Wildman–Crippen LogP) is 5.35. The molecule has 0 aliphatic heterocycles. The molecule has 1 amide bonds. The Labute approximate surface area is 188 Å². The van der Waals surface area contributed by atoms with Crippen LogP contribution in [-0.4, -0.2) is 34.1 Å². The van der Waals surface area contributed by atoms with E-state index in [-0.39, 0.29) is 12.2 Å². The summed E-state index contributed by atoms with van der Waals surface area (Å²) in [5, 5.41) is 2.77. The van der Waals surface area contributed by atoms with E-state index in [0.717, 1.165) is 16.8 Å². The maximum Gasteiger partial charge on any atom is 0.412 e. The number of rotatable bonds is 7. The summed E-state index contributed by atoms with van der Waals surface area (Å²) in [5.74, 6) is 0.979. The van der Waals surface area contributed by atoms with E-state index >= 15 is 0 Å². The first-order valence-corrected chi connectivity index (χ1v) is 10.5. The summed E-state index contributed by atoms with van der Waals surface area (Å²) in [4.78, 5) is 29.5. The van der Waals surface area contributed by atoms with Gasteiger partial charge in [-0.05, 0) is 63.4 Å². The van der Waals surface area contributed by atoms with Crippen molar-refractivity contribution in [2.24, 2.45) is 0 Å². The second kappa shape index (κ2) is 9.68. The van der Waals surface area contributed by atoms with Crippen LogP contribution in [0, 0.1) is 6.92 Å². The van der Waals surface area contributed by atoms with E-state index in [9.17, 15) is 9.59 Å². The smallest absolute Gasteiger partial charge is 0.412 e. The molecule has 0 saturated carbocycles. The molecule has 0 aliphatic rings. The Kier molecular flexibility index (Phi) is 6.98. The van der Waals surface area contributed by atoms with Crippen LogP contribution in [0.4, 0.5) is 10.5 Å². The van der Waals surface area contributed by atoms with Crippen LogP contribution in [0.1, 0.15) is 48.9 Å². The monoisotopic (exact) mass is 435 g/mol. The molecule has 3 rings (SSSR count). The highest BCUT2D eigenvalue weighted by molar-refractivity contribution is 5.94. The summed E-state index contributed by atoms with van der Waals surface area (Å²) in [7, 11) is 1.61. The highest BCUT2D eigenvalue weighted by atomic mass is 16.6. The van der Waals surface area contributed by atoms with Crippen molar-refractivity contribution in [3.63, 3.8) is 0 Å². The van der Waals surface area contributed by atoms with E-state index < -0.39 is 11.7 Å². The Balaban J connectivity index is 1.74. The molecule has 7 heteroatoms. The normalized spacial score (nSPS) is 11.2. The second-order valence-corrected chi connectivity index (χ2v) is 8.54. The largest absolute Gasteiger partial charge is 0.497 e. The molecule has 168 valence electrons. The maximum absolute atomic E-state index is 13.0. The van der Waals surface area contributed by atoms with Gasteiger partial charge in [-0.15, -0.1) is 0 Å². The summed E-state index contributed by atoms with van der Waals surface area (Å²) in [6.45, 7) is 7.40. The number of aromatic nitrogens is 2. The number of benzene rings is 2. The van der Waals surface area contributed by atoms with Gasteiger partial charge in [-0.3, -0.25) is 14.7 Å². The van der Waals surface area contributed by atoms with E-state index in [4.69, 9.17) is 9.47 Å². The summed E-state index contributed by atoms with van der Waals surface area (Å²) in [6, 6.07) is 13.2. The molecular weight excluding hydrogens is 406 g/mol. The van der Waals surface area contributed by atoms with Crippen LogP contribution in [0.25, 0.3) is 5.69 Å². The first-order chi connectivity index (χ1) is 15.2. The number of anilines is 1. The molecule has 1 heterocycles. The molecule has 32 heavy (non-hydrogen) atoms. The molecule has 0 bridgehead atoms. The molecule has 1 aromatic heterocycles. The lowest BCUT2D eigenvalue weighted by Gasteiger charge is -2.20. The Hall–Kier alpha value is -3.61. The van der Waals surface area contributed by atoms with Crippen molar-refractivity contribution in [3.05, 3.63) is 71.8 Å². The summed E-state index contributed by atoms with van der Waals surface area (Å²) in [5.41, 5.74) is 2.72. The highest BCUT2D eigenvalue weighted by Crippen LogP contribution is 2.23. The van der Waals surface area contributed by atoms with Crippen molar-refractivity contribution in [3.8, 4) is 11.4 Å². The molecule has 0 radical (unpaired) electrons. The Morgan fingerprint density at radius 3 is 2.59 bits per heavy atom. The second-order valence-electron chi connectivity index (χ2n) is 8.54. The van der Waals surface area contributed by atoms with Crippen LogP contribution in [0.3, 0.4) is 0 Å². The van der Waals surface area contributed by atoms with Gasteiger partial charge in [0.25, 0.3) is 0 Å². The zero-order valence-corrected chi connectivity index (χ0v) is 19.1. The van der Waals surface area contributed by atoms with E-state index in [0.29, 0.717) is 23.7 Å². The number of Topliss-reactive ketones (excluding diaryl/α,β-unsaturated/α-hetero) is 1. The first kappa shape index (κ1) is 23.1. The molecule has 2 aromatic carbocycles. The molecule has 0 spiro atoms. The van der Waals surface area contributed by atoms with Gasteiger partial charge in [0.2, 0.25) is 0 Å². The van der Waals surface area contributed by atoms with Crippen LogP contribution in [-0.2, 0) is 11.2 Å². The van der Waals surface area contributed by atoms with Gasteiger partial charge in [-0.25, -0.2) is 9.78 Å². The third kappa shape index (κ3) is 5.97. The minimum Gasteiger partial charge on any atom is -0.497 e. The van der Waals surface area contributed by atoms with Crippen LogP contribution < -0.4 is 10.1 Å². The molecule has 3 aromatic rings. The molecule has 0 atom stereocenters. The summed E-state index contributed by atoms with van der Waals surface area (Å²) < 4.78 is 12.5. The topological polar surface area (TPSA) is 82.5 Å². The zero-order chi connectivity index (χ0) is 23.3. The van der Waals surface area contributed by atoms with Gasteiger partial charge in [-0.1, -0.05) is 18.2 Å². The Morgan fingerprint density at radius 2 is 1.88 bits per heavy atom. The van der Waals surface area contributed by atoms with E-state index in [1.165, 1.54) is 0 Å². The number of para-hydroxylation sites is 1. The van der Waals surface area contributed by atoms with Gasteiger partial charge in [0.15, 0.2) is 11.6 Å². The number of ketones is 1. The van der Waals surface area contributed by atoms with E-state index in [1.807, 2.05) is 64.1 Å². The molecular formula is C25H29N3O4.